The number of para-hydroxylation sites is 1. The van der Waals surface area contributed by atoms with E-state index in [9.17, 15) is 0 Å². The number of aliphatic hydroxyl groups excluding tert-OH is 1. The molecule has 7 heteroatoms. The highest BCUT2D eigenvalue weighted by Gasteiger charge is 2.30. The van der Waals surface area contributed by atoms with E-state index in [1.165, 1.54) is 11.6 Å². The van der Waals surface area contributed by atoms with E-state index in [2.05, 4.69) is 27.3 Å². The average Bonchev–Trinajstić information content (AvgIpc) is 3.68. The van der Waals surface area contributed by atoms with Gasteiger partial charge in [-0.2, -0.15) is 0 Å². The van der Waals surface area contributed by atoms with Crippen LogP contribution in [0.15, 0.2) is 36.4 Å². The van der Waals surface area contributed by atoms with Crippen LogP contribution < -0.4 is 15.0 Å². The molecule has 2 heterocycles. The maximum absolute atomic E-state index is 15.0. The molecular formula is C25H29FN4O2. The molecule has 0 amide bonds. The van der Waals surface area contributed by atoms with E-state index in [1.807, 2.05) is 18.2 Å². The number of nitrogens with one attached hydrogen (secondary N) is 1. The summed E-state index contributed by atoms with van der Waals surface area (Å²) in [5, 5.41) is 12.9. The number of ether oxygens (including phenoxy) is 1. The molecule has 1 saturated heterocycles. The SMILES string of the molecule is COc1ccccc1C1CCN(c2nc(C3CC3)nc3c(F)cc(NCCO)cc23)CC1. The normalized spacial score (nSPS) is 17.0. The lowest BCUT2D eigenvalue weighted by Gasteiger charge is -2.34. The third kappa shape index (κ3) is 4.09. The van der Waals surface area contributed by atoms with Crippen LogP contribution in [0.25, 0.3) is 10.9 Å². The molecule has 1 aromatic heterocycles. The average molecular weight is 437 g/mol. The van der Waals surface area contributed by atoms with Crippen molar-refractivity contribution in [2.45, 2.75) is 37.5 Å². The first-order valence-corrected chi connectivity index (χ1v) is 11.4. The summed E-state index contributed by atoms with van der Waals surface area (Å²) in [4.78, 5) is 11.8. The number of aromatic nitrogens is 2. The third-order valence-electron chi connectivity index (χ3n) is 6.51. The summed E-state index contributed by atoms with van der Waals surface area (Å²) >= 11 is 0. The first-order valence-electron chi connectivity index (χ1n) is 11.4. The summed E-state index contributed by atoms with van der Waals surface area (Å²) in [6.45, 7) is 2.04. The van der Waals surface area contributed by atoms with Crippen LogP contribution in [0.4, 0.5) is 15.9 Å². The van der Waals surface area contributed by atoms with Crippen LogP contribution in [0.5, 0.6) is 5.75 Å². The minimum Gasteiger partial charge on any atom is -0.496 e. The Balaban J connectivity index is 1.47. The molecule has 6 nitrogen and oxygen atoms in total. The van der Waals surface area contributed by atoms with Crippen molar-refractivity contribution in [3.8, 4) is 5.75 Å². The van der Waals surface area contributed by atoms with Crippen LogP contribution in [0, 0.1) is 5.82 Å². The van der Waals surface area contributed by atoms with Gasteiger partial charge in [0, 0.05) is 36.6 Å². The van der Waals surface area contributed by atoms with Crippen molar-refractivity contribution < 1.29 is 14.2 Å². The van der Waals surface area contributed by atoms with Gasteiger partial charge < -0.3 is 20.1 Å². The number of methoxy groups -OCH3 is 1. The van der Waals surface area contributed by atoms with E-state index in [4.69, 9.17) is 14.8 Å². The number of piperidine rings is 1. The second kappa shape index (κ2) is 8.90. The Kier molecular flexibility index (Phi) is 5.83. The van der Waals surface area contributed by atoms with Crippen molar-refractivity contribution in [3.05, 3.63) is 53.6 Å². The molecule has 32 heavy (non-hydrogen) atoms. The lowest BCUT2D eigenvalue weighted by atomic mass is 9.88. The summed E-state index contributed by atoms with van der Waals surface area (Å²) in [5.74, 6) is 2.94. The van der Waals surface area contributed by atoms with Gasteiger partial charge in [0.2, 0.25) is 0 Å². The summed E-state index contributed by atoms with van der Waals surface area (Å²) in [6.07, 6.45) is 4.10. The number of hydrogen-bond donors (Lipinski definition) is 2. The number of fused-ring (bicyclic) bond motifs is 1. The Bertz CT molecular complexity index is 1110. The Morgan fingerprint density at radius 3 is 2.59 bits per heavy atom. The second-order valence-electron chi connectivity index (χ2n) is 8.69. The molecule has 2 aliphatic rings. The predicted octanol–water partition coefficient (Wildman–Crippen LogP) is 4.44. The van der Waals surface area contributed by atoms with E-state index in [-0.39, 0.29) is 12.4 Å². The molecule has 1 aliphatic carbocycles. The van der Waals surface area contributed by atoms with Gasteiger partial charge in [-0.1, -0.05) is 18.2 Å². The van der Waals surface area contributed by atoms with Gasteiger partial charge in [-0.15, -0.1) is 0 Å². The summed E-state index contributed by atoms with van der Waals surface area (Å²) in [7, 11) is 1.72. The lowest BCUT2D eigenvalue weighted by molar-refractivity contribution is 0.311. The van der Waals surface area contributed by atoms with Gasteiger partial charge >= 0.3 is 0 Å². The zero-order chi connectivity index (χ0) is 22.1. The monoisotopic (exact) mass is 436 g/mol. The minimum atomic E-state index is -0.350. The fourth-order valence-electron chi connectivity index (χ4n) is 4.66. The number of aliphatic hydroxyl groups is 1. The van der Waals surface area contributed by atoms with Crippen LogP contribution in [0.3, 0.4) is 0 Å². The molecule has 0 spiro atoms. The smallest absolute Gasteiger partial charge is 0.151 e. The molecule has 2 fully saturated rings. The lowest BCUT2D eigenvalue weighted by Crippen LogP contribution is -2.34. The van der Waals surface area contributed by atoms with Gasteiger partial charge in [-0.3, -0.25) is 0 Å². The number of anilines is 2. The highest BCUT2D eigenvalue weighted by Crippen LogP contribution is 2.42. The van der Waals surface area contributed by atoms with Crippen molar-refractivity contribution in [1.29, 1.82) is 0 Å². The van der Waals surface area contributed by atoms with E-state index in [0.717, 1.165) is 61.6 Å². The molecule has 5 rings (SSSR count). The highest BCUT2D eigenvalue weighted by molar-refractivity contribution is 5.92. The molecular weight excluding hydrogens is 407 g/mol. The van der Waals surface area contributed by atoms with Crippen LogP contribution in [-0.4, -0.2) is 48.4 Å². The maximum atomic E-state index is 15.0. The van der Waals surface area contributed by atoms with Gasteiger partial charge in [0.15, 0.2) is 5.82 Å². The van der Waals surface area contributed by atoms with E-state index in [0.29, 0.717) is 29.6 Å². The van der Waals surface area contributed by atoms with Crippen molar-refractivity contribution in [1.82, 2.24) is 9.97 Å². The van der Waals surface area contributed by atoms with Gasteiger partial charge in [0.05, 0.1) is 13.7 Å². The van der Waals surface area contributed by atoms with Crippen LogP contribution >= 0.6 is 0 Å². The molecule has 0 atom stereocenters. The summed E-state index contributed by atoms with van der Waals surface area (Å²) < 4.78 is 20.6. The maximum Gasteiger partial charge on any atom is 0.151 e. The number of benzene rings is 2. The molecule has 2 aromatic carbocycles. The molecule has 0 radical (unpaired) electrons. The minimum absolute atomic E-state index is 0.0138. The standard InChI is InChI=1S/C25H29FN4O2/c1-32-22-5-3-2-4-19(22)16-8-11-30(12-9-16)25-20-14-18(27-10-13-31)15-21(26)23(20)28-24(29-25)17-6-7-17/h2-5,14-17,27,31H,6-13H2,1H3. The van der Waals surface area contributed by atoms with Crippen LogP contribution in [0.2, 0.25) is 0 Å². The number of halogens is 1. The predicted molar refractivity (Wildman–Crippen MR) is 124 cm³/mol. The fraction of sp³-hybridized carbons (Fsp3) is 0.440. The Morgan fingerprint density at radius 1 is 1.09 bits per heavy atom. The zero-order valence-corrected chi connectivity index (χ0v) is 18.4. The first-order chi connectivity index (χ1) is 15.7. The molecule has 1 aliphatic heterocycles. The Labute approximate surface area is 187 Å². The molecule has 0 unspecified atom stereocenters. The Morgan fingerprint density at radius 2 is 1.88 bits per heavy atom. The van der Waals surface area contributed by atoms with Gasteiger partial charge in [-0.25, -0.2) is 14.4 Å². The molecule has 168 valence electrons. The van der Waals surface area contributed by atoms with Gasteiger partial charge in [0.1, 0.15) is 22.9 Å². The van der Waals surface area contributed by atoms with Crippen molar-refractivity contribution in [3.63, 3.8) is 0 Å². The van der Waals surface area contributed by atoms with Crippen molar-refractivity contribution >= 4 is 22.4 Å². The zero-order valence-electron chi connectivity index (χ0n) is 18.4. The fourth-order valence-corrected chi connectivity index (χ4v) is 4.66. The largest absolute Gasteiger partial charge is 0.496 e. The second-order valence-corrected chi connectivity index (χ2v) is 8.69. The van der Waals surface area contributed by atoms with Crippen molar-refractivity contribution in [2.75, 3.05) is 43.6 Å². The van der Waals surface area contributed by atoms with Gasteiger partial charge in [-0.05, 0) is 55.4 Å². The molecule has 2 N–H and O–H groups in total. The topological polar surface area (TPSA) is 70.5 Å². The molecule has 1 saturated carbocycles. The first kappa shape index (κ1) is 20.9. The van der Waals surface area contributed by atoms with E-state index >= 15 is 4.39 Å². The number of hydrogen-bond acceptors (Lipinski definition) is 6. The van der Waals surface area contributed by atoms with E-state index in [1.54, 1.807) is 7.11 Å². The van der Waals surface area contributed by atoms with Crippen LogP contribution in [0.1, 0.15) is 48.9 Å². The number of rotatable bonds is 7. The molecule has 3 aromatic rings. The Hall–Kier alpha value is -2.93. The van der Waals surface area contributed by atoms with E-state index < -0.39 is 0 Å². The highest BCUT2D eigenvalue weighted by atomic mass is 19.1. The van der Waals surface area contributed by atoms with Crippen LogP contribution in [-0.2, 0) is 0 Å². The van der Waals surface area contributed by atoms with Gasteiger partial charge in [0.25, 0.3) is 0 Å². The van der Waals surface area contributed by atoms with Crippen molar-refractivity contribution in [2.24, 2.45) is 0 Å². The summed E-state index contributed by atoms with van der Waals surface area (Å²) in [6, 6.07) is 11.6. The quantitative estimate of drug-likeness (QED) is 0.571. The third-order valence-corrected chi connectivity index (χ3v) is 6.51. The molecule has 0 bridgehead atoms. The summed E-state index contributed by atoms with van der Waals surface area (Å²) in [5.41, 5.74) is 2.28. The number of nitrogens with zero attached hydrogens (tertiary/aromatic N) is 3.